The van der Waals surface area contributed by atoms with Gasteiger partial charge in [0.1, 0.15) is 5.75 Å². The van der Waals surface area contributed by atoms with Gasteiger partial charge < -0.3 is 14.8 Å². The molecule has 0 radical (unpaired) electrons. The molecule has 0 unspecified atom stereocenters. The number of amides is 1. The first kappa shape index (κ1) is 21.0. The average molecular weight is 370 g/mol. The van der Waals surface area contributed by atoms with Crippen molar-refractivity contribution in [1.82, 2.24) is 0 Å². The second-order valence-corrected chi connectivity index (χ2v) is 6.55. The van der Waals surface area contributed by atoms with Crippen molar-refractivity contribution in [2.75, 3.05) is 19.0 Å². The fourth-order valence-corrected chi connectivity index (χ4v) is 3.05. The van der Waals surface area contributed by atoms with E-state index in [1.165, 1.54) is 0 Å². The third kappa shape index (κ3) is 5.57. The van der Waals surface area contributed by atoms with Gasteiger partial charge in [-0.05, 0) is 48.6 Å². The fraction of sp³-hybridized carbons (Fsp3) is 0.435. The lowest BCUT2D eigenvalue weighted by molar-refractivity contribution is 0.102. The van der Waals surface area contributed by atoms with Gasteiger partial charge in [-0.25, -0.2) is 0 Å². The van der Waals surface area contributed by atoms with Crippen LogP contribution < -0.4 is 10.1 Å². The molecule has 0 aromatic heterocycles. The monoisotopic (exact) mass is 369 g/mol. The van der Waals surface area contributed by atoms with Crippen LogP contribution in [-0.2, 0) is 24.2 Å². The Kier molecular flexibility index (Phi) is 8.34. The summed E-state index contributed by atoms with van der Waals surface area (Å²) in [6, 6.07) is 11.7. The lowest BCUT2D eigenvalue weighted by Crippen LogP contribution is -2.15. The molecule has 1 amide bonds. The number of hydrogen-bond acceptors (Lipinski definition) is 3. The first-order valence-corrected chi connectivity index (χ1v) is 9.81. The smallest absolute Gasteiger partial charge is 0.255 e. The van der Waals surface area contributed by atoms with E-state index in [0.717, 1.165) is 53.8 Å². The number of para-hydroxylation sites is 1. The lowest BCUT2D eigenvalue weighted by Gasteiger charge is -2.15. The number of hydrogen-bond donors (Lipinski definition) is 1. The summed E-state index contributed by atoms with van der Waals surface area (Å²) < 4.78 is 11.1. The second-order valence-electron chi connectivity index (χ2n) is 6.55. The molecule has 146 valence electrons. The summed E-state index contributed by atoms with van der Waals surface area (Å²) in [5.41, 5.74) is 4.74. The summed E-state index contributed by atoms with van der Waals surface area (Å²) in [5.74, 6) is 0.634. The zero-order valence-electron chi connectivity index (χ0n) is 16.9. The molecule has 1 N–H and O–H groups in total. The maximum Gasteiger partial charge on any atom is 0.255 e. The van der Waals surface area contributed by atoms with Gasteiger partial charge in [0.05, 0.1) is 13.7 Å². The number of carbonyl (C=O) groups is 1. The highest BCUT2D eigenvalue weighted by atomic mass is 16.5. The molecule has 4 heteroatoms. The van der Waals surface area contributed by atoms with Crippen LogP contribution in [0.1, 0.15) is 60.7 Å². The highest BCUT2D eigenvalue weighted by Gasteiger charge is 2.14. The molecular weight excluding hydrogens is 338 g/mol. The minimum absolute atomic E-state index is 0.108. The Labute approximate surface area is 162 Å². The summed E-state index contributed by atoms with van der Waals surface area (Å²) in [5, 5.41) is 3.12. The highest BCUT2D eigenvalue weighted by Crippen LogP contribution is 2.25. The van der Waals surface area contributed by atoms with Crippen molar-refractivity contribution in [2.45, 2.75) is 53.1 Å². The molecule has 2 aromatic rings. The van der Waals surface area contributed by atoms with Crippen LogP contribution in [0.3, 0.4) is 0 Å². The first-order chi connectivity index (χ1) is 13.1. The molecule has 0 aliphatic rings. The zero-order chi connectivity index (χ0) is 19.6. The predicted molar refractivity (Wildman–Crippen MR) is 111 cm³/mol. The molecule has 27 heavy (non-hydrogen) atoms. The third-order valence-corrected chi connectivity index (χ3v) is 4.68. The van der Waals surface area contributed by atoms with Crippen LogP contribution in [0.25, 0.3) is 0 Å². The predicted octanol–water partition coefficient (Wildman–Crippen LogP) is 5.39. The average Bonchev–Trinajstić information content (AvgIpc) is 2.71. The summed E-state index contributed by atoms with van der Waals surface area (Å²) in [6.07, 6.45) is 3.87. The van der Waals surface area contributed by atoms with Crippen LogP contribution in [0.5, 0.6) is 5.75 Å². The third-order valence-electron chi connectivity index (χ3n) is 4.68. The zero-order valence-corrected chi connectivity index (χ0v) is 16.9. The van der Waals surface area contributed by atoms with Crippen LogP contribution in [-0.4, -0.2) is 19.6 Å². The highest BCUT2D eigenvalue weighted by molar-refractivity contribution is 6.05. The van der Waals surface area contributed by atoms with Gasteiger partial charge in [-0.2, -0.15) is 0 Å². The van der Waals surface area contributed by atoms with Crippen LogP contribution in [0.2, 0.25) is 0 Å². The van der Waals surface area contributed by atoms with Crippen LogP contribution in [0.15, 0.2) is 36.4 Å². The van der Waals surface area contributed by atoms with E-state index in [2.05, 4.69) is 38.2 Å². The largest absolute Gasteiger partial charge is 0.496 e. The Balaban J connectivity index is 2.21. The SMILES string of the molecule is CCCCOCc1cc(C(=O)Nc2c(CC)cccc2CC)ccc1OC. The summed E-state index contributed by atoms with van der Waals surface area (Å²) >= 11 is 0. The van der Waals surface area contributed by atoms with E-state index in [9.17, 15) is 4.79 Å². The summed E-state index contributed by atoms with van der Waals surface area (Å²) in [7, 11) is 1.63. The Morgan fingerprint density at radius 2 is 1.70 bits per heavy atom. The van der Waals surface area contributed by atoms with E-state index in [4.69, 9.17) is 9.47 Å². The molecule has 0 heterocycles. The van der Waals surface area contributed by atoms with Gasteiger partial charge >= 0.3 is 0 Å². The van der Waals surface area contributed by atoms with Crippen LogP contribution in [0, 0.1) is 0 Å². The van der Waals surface area contributed by atoms with Crippen LogP contribution in [0.4, 0.5) is 5.69 Å². The number of rotatable bonds is 10. The molecule has 2 rings (SSSR count). The molecular formula is C23H31NO3. The Bertz CT molecular complexity index is 733. The van der Waals surface area contributed by atoms with Gasteiger partial charge in [-0.3, -0.25) is 4.79 Å². The molecule has 0 saturated carbocycles. The number of aryl methyl sites for hydroxylation is 2. The van der Waals surface area contributed by atoms with Crippen molar-refractivity contribution in [3.05, 3.63) is 58.7 Å². The van der Waals surface area contributed by atoms with Gasteiger partial charge in [0.2, 0.25) is 0 Å². The maximum atomic E-state index is 12.9. The second kappa shape index (κ2) is 10.7. The van der Waals surface area contributed by atoms with Gasteiger partial charge in [0.25, 0.3) is 5.91 Å². The number of nitrogens with one attached hydrogen (secondary N) is 1. The van der Waals surface area contributed by atoms with E-state index in [0.29, 0.717) is 18.8 Å². The summed E-state index contributed by atoms with van der Waals surface area (Å²) in [6.45, 7) is 7.48. The molecule has 0 aliphatic carbocycles. The van der Waals surface area contributed by atoms with E-state index < -0.39 is 0 Å². The van der Waals surface area contributed by atoms with Crippen molar-refractivity contribution in [3.8, 4) is 5.75 Å². The van der Waals surface area contributed by atoms with Crippen molar-refractivity contribution >= 4 is 11.6 Å². The molecule has 0 atom stereocenters. The molecule has 0 fully saturated rings. The van der Waals surface area contributed by atoms with Crippen molar-refractivity contribution in [1.29, 1.82) is 0 Å². The number of benzene rings is 2. The number of anilines is 1. The van der Waals surface area contributed by atoms with E-state index >= 15 is 0 Å². The minimum Gasteiger partial charge on any atom is -0.496 e. The standard InChI is InChI=1S/C23H31NO3/c1-5-8-14-27-16-20-15-19(12-13-21(20)26-4)23(25)24-22-17(6-2)10-9-11-18(22)7-3/h9-13,15H,5-8,14,16H2,1-4H3,(H,24,25). The van der Waals surface area contributed by atoms with Gasteiger partial charge in [0.15, 0.2) is 0 Å². The quantitative estimate of drug-likeness (QED) is 0.571. The van der Waals surface area contributed by atoms with Crippen LogP contribution >= 0.6 is 0 Å². The Morgan fingerprint density at radius 1 is 1.00 bits per heavy atom. The molecule has 0 spiro atoms. The number of unbranched alkanes of at least 4 members (excludes halogenated alkanes) is 1. The topological polar surface area (TPSA) is 47.6 Å². The minimum atomic E-state index is -0.108. The molecule has 0 saturated heterocycles. The van der Waals surface area contributed by atoms with Gasteiger partial charge in [0, 0.05) is 23.4 Å². The molecule has 0 bridgehead atoms. The normalized spacial score (nSPS) is 10.7. The first-order valence-electron chi connectivity index (χ1n) is 9.81. The van der Waals surface area contributed by atoms with E-state index in [1.807, 2.05) is 18.2 Å². The molecule has 4 nitrogen and oxygen atoms in total. The van der Waals surface area contributed by atoms with Gasteiger partial charge in [-0.1, -0.05) is 45.4 Å². The lowest BCUT2D eigenvalue weighted by atomic mass is 10.0. The Hall–Kier alpha value is -2.33. The number of ether oxygens (including phenoxy) is 2. The van der Waals surface area contributed by atoms with Crippen molar-refractivity contribution < 1.29 is 14.3 Å². The van der Waals surface area contributed by atoms with Crippen molar-refractivity contribution in [3.63, 3.8) is 0 Å². The molecule has 2 aromatic carbocycles. The Morgan fingerprint density at radius 3 is 2.30 bits per heavy atom. The van der Waals surface area contributed by atoms with E-state index in [1.54, 1.807) is 13.2 Å². The number of methoxy groups -OCH3 is 1. The summed E-state index contributed by atoms with van der Waals surface area (Å²) in [4.78, 5) is 12.9. The maximum absolute atomic E-state index is 12.9. The fourth-order valence-electron chi connectivity index (χ4n) is 3.05. The molecule has 0 aliphatic heterocycles. The van der Waals surface area contributed by atoms with Gasteiger partial charge in [-0.15, -0.1) is 0 Å². The van der Waals surface area contributed by atoms with E-state index in [-0.39, 0.29) is 5.91 Å². The van der Waals surface area contributed by atoms with Crippen molar-refractivity contribution in [2.24, 2.45) is 0 Å². The number of carbonyl (C=O) groups excluding carboxylic acids is 1.